The van der Waals surface area contributed by atoms with Gasteiger partial charge in [-0.3, -0.25) is 4.79 Å². The summed E-state index contributed by atoms with van der Waals surface area (Å²) in [4.78, 5) is 28.7. The third-order valence-corrected chi connectivity index (χ3v) is 4.69. The number of benzene rings is 1. The van der Waals surface area contributed by atoms with E-state index < -0.39 is 23.8 Å². The second-order valence-corrected chi connectivity index (χ2v) is 8.15. The molecule has 2 atom stereocenters. The van der Waals surface area contributed by atoms with Gasteiger partial charge in [-0.2, -0.15) is 0 Å². The van der Waals surface area contributed by atoms with Crippen molar-refractivity contribution < 1.29 is 24.2 Å². The van der Waals surface area contributed by atoms with E-state index >= 15 is 0 Å². The molecule has 2 saturated heterocycles. The van der Waals surface area contributed by atoms with E-state index in [2.05, 4.69) is 10.2 Å². The molecule has 2 heterocycles. The van der Waals surface area contributed by atoms with Gasteiger partial charge in [-0.1, -0.05) is 0 Å². The van der Waals surface area contributed by atoms with Crippen LogP contribution in [-0.4, -0.2) is 67.7 Å². The molecule has 2 N–H and O–H groups in total. The van der Waals surface area contributed by atoms with Gasteiger partial charge in [-0.25, -0.2) is 4.79 Å². The van der Waals surface area contributed by atoms with Crippen molar-refractivity contribution >= 4 is 23.4 Å². The lowest BCUT2D eigenvalue weighted by Crippen LogP contribution is -2.57. The standard InChI is InChI=1S/C20H29N3O5/c1-20(2,3)28-19(26)21-17-12-16(24)13-23(18(17)25)15-6-4-14(5-7-15)22-8-10-27-11-9-22/h4-7,16-17,24H,8-13H2,1-3H3,(H,21,26). The molecule has 3 rings (SSSR count). The highest BCUT2D eigenvalue weighted by atomic mass is 16.6. The lowest BCUT2D eigenvalue weighted by molar-refractivity contribution is -0.123. The molecule has 2 unspecified atom stereocenters. The molecule has 2 aliphatic heterocycles. The van der Waals surface area contributed by atoms with Crippen LogP contribution in [0.1, 0.15) is 27.2 Å². The minimum absolute atomic E-state index is 0.167. The summed E-state index contributed by atoms with van der Waals surface area (Å²) in [5.41, 5.74) is 1.10. The van der Waals surface area contributed by atoms with Crippen molar-refractivity contribution in [2.75, 3.05) is 42.6 Å². The number of nitrogens with one attached hydrogen (secondary N) is 1. The quantitative estimate of drug-likeness (QED) is 0.812. The van der Waals surface area contributed by atoms with Crippen molar-refractivity contribution in [2.24, 2.45) is 0 Å². The predicted molar refractivity (Wildman–Crippen MR) is 106 cm³/mol. The minimum Gasteiger partial charge on any atom is -0.444 e. The predicted octanol–water partition coefficient (Wildman–Crippen LogP) is 1.51. The van der Waals surface area contributed by atoms with Gasteiger partial charge in [0.05, 0.1) is 25.9 Å². The second kappa shape index (κ2) is 8.36. The first kappa shape index (κ1) is 20.4. The first-order valence-electron chi connectivity index (χ1n) is 9.65. The number of hydrogen-bond donors (Lipinski definition) is 2. The molecule has 0 saturated carbocycles. The van der Waals surface area contributed by atoms with Crippen LogP contribution in [-0.2, 0) is 14.3 Å². The van der Waals surface area contributed by atoms with E-state index in [1.54, 1.807) is 20.8 Å². The Morgan fingerprint density at radius 2 is 1.79 bits per heavy atom. The first-order chi connectivity index (χ1) is 13.2. The normalized spacial score (nSPS) is 23.5. The third-order valence-electron chi connectivity index (χ3n) is 4.69. The molecule has 8 nitrogen and oxygen atoms in total. The van der Waals surface area contributed by atoms with Crippen LogP contribution in [0.5, 0.6) is 0 Å². The Balaban J connectivity index is 1.68. The fourth-order valence-corrected chi connectivity index (χ4v) is 3.40. The maximum Gasteiger partial charge on any atom is 0.408 e. The van der Waals surface area contributed by atoms with Gasteiger partial charge >= 0.3 is 6.09 Å². The molecule has 0 aliphatic carbocycles. The number of aliphatic hydroxyl groups excluding tert-OH is 1. The number of β-amino-alcohol motifs (C(OH)–C–C–N with tert-alkyl or cyclic N) is 1. The van der Waals surface area contributed by atoms with Gasteiger partial charge < -0.3 is 29.7 Å². The Kier molecular flexibility index (Phi) is 6.10. The number of rotatable bonds is 3. The number of alkyl carbamates (subject to hydrolysis) is 1. The summed E-state index contributed by atoms with van der Waals surface area (Å²) in [5, 5.41) is 12.8. The average molecular weight is 391 g/mol. The van der Waals surface area contributed by atoms with Crippen molar-refractivity contribution in [2.45, 2.75) is 44.9 Å². The number of carbonyl (C=O) groups excluding carboxylic acids is 2. The van der Waals surface area contributed by atoms with Gasteiger partial charge in [0.15, 0.2) is 0 Å². The zero-order chi connectivity index (χ0) is 20.3. The highest BCUT2D eigenvalue weighted by Gasteiger charge is 2.36. The maximum atomic E-state index is 12.9. The van der Waals surface area contributed by atoms with Gasteiger partial charge in [0.25, 0.3) is 0 Å². The summed E-state index contributed by atoms with van der Waals surface area (Å²) in [6.45, 7) is 8.55. The molecule has 28 heavy (non-hydrogen) atoms. The van der Waals surface area contributed by atoms with E-state index in [-0.39, 0.29) is 18.9 Å². The molecular weight excluding hydrogens is 362 g/mol. The largest absolute Gasteiger partial charge is 0.444 e. The smallest absolute Gasteiger partial charge is 0.408 e. The van der Waals surface area contributed by atoms with E-state index in [4.69, 9.17) is 9.47 Å². The molecule has 154 valence electrons. The van der Waals surface area contributed by atoms with E-state index in [0.29, 0.717) is 18.9 Å². The monoisotopic (exact) mass is 391 g/mol. The van der Waals surface area contributed by atoms with Crippen molar-refractivity contribution in [3.8, 4) is 0 Å². The number of carbonyl (C=O) groups is 2. The maximum absolute atomic E-state index is 12.9. The Hall–Kier alpha value is -2.32. The summed E-state index contributed by atoms with van der Waals surface area (Å²) in [5.74, 6) is -0.254. The molecule has 8 heteroatoms. The van der Waals surface area contributed by atoms with Crippen LogP contribution in [0.25, 0.3) is 0 Å². The van der Waals surface area contributed by atoms with Crippen LogP contribution in [0.2, 0.25) is 0 Å². The van der Waals surface area contributed by atoms with E-state index in [9.17, 15) is 14.7 Å². The van der Waals surface area contributed by atoms with Crippen LogP contribution >= 0.6 is 0 Å². The Bertz CT molecular complexity index is 695. The Labute approximate surface area is 165 Å². The van der Waals surface area contributed by atoms with Gasteiger partial charge in [-0.15, -0.1) is 0 Å². The summed E-state index contributed by atoms with van der Waals surface area (Å²) < 4.78 is 10.6. The molecule has 2 amide bonds. The summed E-state index contributed by atoms with van der Waals surface area (Å²) in [6, 6.07) is 6.84. The zero-order valence-corrected chi connectivity index (χ0v) is 16.7. The number of ether oxygens (including phenoxy) is 2. The Morgan fingerprint density at radius 3 is 2.39 bits per heavy atom. The summed E-state index contributed by atoms with van der Waals surface area (Å²) in [6.07, 6.45) is -1.22. The summed E-state index contributed by atoms with van der Waals surface area (Å²) >= 11 is 0. The molecule has 1 aromatic rings. The van der Waals surface area contributed by atoms with E-state index in [1.807, 2.05) is 24.3 Å². The molecule has 1 aromatic carbocycles. The molecule has 0 aromatic heterocycles. The average Bonchev–Trinajstić information content (AvgIpc) is 2.64. The zero-order valence-electron chi connectivity index (χ0n) is 16.7. The number of aliphatic hydroxyl groups is 1. The molecule has 2 aliphatic rings. The molecule has 0 bridgehead atoms. The number of anilines is 2. The van der Waals surface area contributed by atoms with E-state index in [0.717, 1.165) is 18.8 Å². The molecule has 0 radical (unpaired) electrons. The molecule has 2 fully saturated rings. The molecule has 0 spiro atoms. The Morgan fingerprint density at radius 1 is 1.18 bits per heavy atom. The van der Waals surface area contributed by atoms with Crippen LogP contribution in [0.15, 0.2) is 24.3 Å². The highest BCUT2D eigenvalue weighted by molar-refractivity contribution is 5.99. The SMILES string of the molecule is CC(C)(C)OC(=O)NC1CC(O)CN(c2ccc(N3CCOCC3)cc2)C1=O. The van der Waals surface area contributed by atoms with Crippen LogP contribution in [0.4, 0.5) is 16.2 Å². The van der Waals surface area contributed by atoms with Crippen LogP contribution < -0.4 is 15.1 Å². The number of nitrogens with zero attached hydrogens (tertiary/aromatic N) is 2. The van der Waals surface area contributed by atoms with Crippen molar-refractivity contribution in [3.63, 3.8) is 0 Å². The second-order valence-electron chi connectivity index (χ2n) is 8.15. The first-order valence-corrected chi connectivity index (χ1v) is 9.65. The van der Waals surface area contributed by atoms with Crippen molar-refractivity contribution in [3.05, 3.63) is 24.3 Å². The molecular formula is C20H29N3O5. The number of piperidine rings is 1. The number of hydrogen-bond acceptors (Lipinski definition) is 6. The number of morpholine rings is 1. The van der Waals surface area contributed by atoms with Gasteiger partial charge in [0, 0.05) is 30.9 Å². The van der Waals surface area contributed by atoms with Gasteiger partial charge in [0.1, 0.15) is 11.6 Å². The van der Waals surface area contributed by atoms with Crippen LogP contribution in [0, 0.1) is 0 Å². The lowest BCUT2D eigenvalue weighted by atomic mass is 10.0. The fourth-order valence-electron chi connectivity index (χ4n) is 3.40. The summed E-state index contributed by atoms with van der Waals surface area (Å²) in [7, 11) is 0. The number of amides is 2. The van der Waals surface area contributed by atoms with Crippen molar-refractivity contribution in [1.82, 2.24) is 5.32 Å². The van der Waals surface area contributed by atoms with E-state index in [1.165, 1.54) is 4.90 Å². The van der Waals surface area contributed by atoms with Crippen LogP contribution in [0.3, 0.4) is 0 Å². The van der Waals surface area contributed by atoms with Gasteiger partial charge in [0.2, 0.25) is 5.91 Å². The highest BCUT2D eigenvalue weighted by Crippen LogP contribution is 2.25. The lowest BCUT2D eigenvalue weighted by Gasteiger charge is -2.36. The van der Waals surface area contributed by atoms with Crippen molar-refractivity contribution in [1.29, 1.82) is 0 Å². The third kappa shape index (κ3) is 5.14. The minimum atomic E-state index is -0.822. The topological polar surface area (TPSA) is 91.3 Å². The fraction of sp³-hybridized carbons (Fsp3) is 0.600. The van der Waals surface area contributed by atoms with Gasteiger partial charge in [-0.05, 0) is 45.0 Å².